The van der Waals surface area contributed by atoms with Crippen molar-refractivity contribution in [2.45, 2.75) is 24.5 Å². The van der Waals surface area contributed by atoms with E-state index in [0.29, 0.717) is 4.57 Å². The zero-order chi connectivity index (χ0) is 23.8. The van der Waals surface area contributed by atoms with Crippen molar-refractivity contribution in [1.29, 1.82) is 0 Å². The number of aromatic nitrogens is 2. The van der Waals surface area contributed by atoms with Crippen LogP contribution in [0.2, 0.25) is 0 Å². The van der Waals surface area contributed by atoms with Crippen LogP contribution in [-0.4, -0.2) is 71.4 Å². The molecule has 1 aromatic rings. The zero-order valence-corrected chi connectivity index (χ0v) is 17.8. The van der Waals surface area contributed by atoms with Crippen LogP contribution in [0.1, 0.15) is 6.23 Å². The number of nitrogens with zero attached hydrogens (tertiary/aromatic N) is 1. The lowest BCUT2D eigenvalue weighted by Crippen LogP contribution is -2.38. The van der Waals surface area contributed by atoms with Gasteiger partial charge in [0.05, 0.1) is 19.9 Å². The van der Waals surface area contributed by atoms with Gasteiger partial charge in [-0.2, -0.15) is 8.62 Å². The lowest BCUT2D eigenvalue weighted by Gasteiger charge is -2.19. The summed E-state index contributed by atoms with van der Waals surface area (Å²) in [6.07, 6.45) is -6.02. The van der Waals surface area contributed by atoms with E-state index in [1.165, 1.54) is 0 Å². The standard InChI is InChI=1S/C10H17N2O16P3/c1-24-4-2-12(10(16)11-8(4)15)9-7(14)6(13)5(26-9)3-25-30(20,21)28-31(22,23)27-29(17,18)19/h2,5-7,9,13-14H,3H2,1H3,(H,20,21)(H,22,23)(H,11,15,16)(H2,17,18,19). The third-order valence-electron chi connectivity index (χ3n) is 3.58. The fourth-order valence-electron chi connectivity index (χ4n) is 2.37. The number of hydrogen-bond acceptors (Lipinski definition) is 12. The van der Waals surface area contributed by atoms with Crippen molar-refractivity contribution in [3.63, 3.8) is 0 Å². The van der Waals surface area contributed by atoms with Crippen LogP contribution in [0.15, 0.2) is 15.8 Å². The summed E-state index contributed by atoms with van der Waals surface area (Å²) in [5.41, 5.74) is -1.95. The van der Waals surface area contributed by atoms with Crippen LogP contribution in [0.5, 0.6) is 5.75 Å². The minimum atomic E-state index is -5.75. The number of phosphoric acid groups is 3. The topological polar surface area (TPSA) is 274 Å². The first-order valence-corrected chi connectivity index (χ1v) is 12.3. The third-order valence-corrected chi connectivity index (χ3v) is 7.39. The van der Waals surface area contributed by atoms with Gasteiger partial charge in [0.15, 0.2) is 6.23 Å². The van der Waals surface area contributed by atoms with E-state index < -0.39 is 65.9 Å². The fourth-order valence-corrected chi connectivity index (χ4v) is 5.40. The Bertz CT molecular complexity index is 1060. The highest BCUT2D eigenvalue weighted by molar-refractivity contribution is 7.66. The Morgan fingerprint density at radius 2 is 1.68 bits per heavy atom. The quantitative estimate of drug-likeness (QED) is 0.168. The first-order valence-electron chi connectivity index (χ1n) is 7.74. The maximum atomic E-state index is 11.9. The monoisotopic (exact) mass is 514 g/mol. The predicted molar refractivity (Wildman–Crippen MR) is 93.6 cm³/mol. The summed E-state index contributed by atoms with van der Waals surface area (Å²) in [5, 5.41) is 20.1. The van der Waals surface area contributed by atoms with E-state index in [0.717, 1.165) is 13.3 Å². The highest BCUT2D eigenvalue weighted by atomic mass is 31.3. The molecular formula is C10H17N2O16P3. The number of rotatable bonds is 9. The van der Waals surface area contributed by atoms with Crippen LogP contribution in [0.3, 0.4) is 0 Å². The molecule has 0 radical (unpaired) electrons. The lowest BCUT2D eigenvalue weighted by molar-refractivity contribution is -0.0544. The van der Waals surface area contributed by atoms with Crippen LogP contribution in [0.25, 0.3) is 0 Å². The minimum absolute atomic E-state index is 0.346. The number of nitrogens with one attached hydrogen (secondary N) is 1. The third kappa shape index (κ3) is 6.87. The summed E-state index contributed by atoms with van der Waals surface area (Å²) >= 11 is 0. The zero-order valence-electron chi connectivity index (χ0n) is 15.1. The highest BCUT2D eigenvalue weighted by Gasteiger charge is 2.46. The van der Waals surface area contributed by atoms with E-state index in [-0.39, 0.29) is 5.75 Å². The Hall–Kier alpha value is -1.23. The van der Waals surface area contributed by atoms with Gasteiger partial charge in [-0.3, -0.25) is 18.9 Å². The number of ether oxygens (including phenoxy) is 2. The maximum absolute atomic E-state index is 11.9. The average molecular weight is 514 g/mol. The van der Waals surface area contributed by atoms with E-state index in [2.05, 4.69) is 13.1 Å². The van der Waals surface area contributed by atoms with Gasteiger partial charge in [0.1, 0.15) is 18.3 Å². The van der Waals surface area contributed by atoms with Gasteiger partial charge in [-0.1, -0.05) is 0 Å². The molecule has 18 nitrogen and oxygen atoms in total. The van der Waals surface area contributed by atoms with Crippen LogP contribution in [-0.2, 0) is 31.6 Å². The summed E-state index contributed by atoms with van der Waals surface area (Å²) in [5.74, 6) is -0.346. The van der Waals surface area contributed by atoms with Gasteiger partial charge >= 0.3 is 29.2 Å². The van der Waals surface area contributed by atoms with Crippen molar-refractivity contribution in [1.82, 2.24) is 9.55 Å². The van der Waals surface area contributed by atoms with Crippen molar-refractivity contribution in [3.05, 3.63) is 27.0 Å². The van der Waals surface area contributed by atoms with Crippen LogP contribution in [0, 0.1) is 0 Å². The Labute approximate surface area is 171 Å². The van der Waals surface area contributed by atoms with Crippen molar-refractivity contribution >= 4 is 23.5 Å². The molecule has 21 heteroatoms. The second-order valence-electron chi connectivity index (χ2n) is 5.80. The number of aromatic amines is 1. The number of phosphoric ester groups is 1. The Balaban J connectivity index is 2.12. The molecule has 1 aliphatic rings. The van der Waals surface area contributed by atoms with Gasteiger partial charge in [-0.15, -0.1) is 0 Å². The normalized spacial score (nSPS) is 28.1. The largest absolute Gasteiger partial charge is 0.490 e. The number of aliphatic hydroxyl groups is 2. The molecule has 1 aromatic heterocycles. The molecule has 0 spiro atoms. The van der Waals surface area contributed by atoms with Gasteiger partial charge in [0.2, 0.25) is 5.75 Å². The molecule has 31 heavy (non-hydrogen) atoms. The molecule has 2 heterocycles. The summed E-state index contributed by atoms with van der Waals surface area (Å²) in [6.45, 7) is -1.08. The highest BCUT2D eigenvalue weighted by Crippen LogP contribution is 2.66. The molecule has 0 aliphatic carbocycles. The summed E-state index contributed by atoms with van der Waals surface area (Å²) in [6, 6.07) is 0. The van der Waals surface area contributed by atoms with E-state index in [1.54, 1.807) is 0 Å². The second-order valence-corrected chi connectivity index (χ2v) is 10.2. The Morgan fingerprint density at radius 1 is 1.06 bits per heavy atom. The molecule has 1 aliphatic heterocycles. The summed E-state index contributed by atoms with van der Waals surface area (Å²) < 4.78 is 55.5. The van der Waals surface area contributed by atoms with Crippen LogP contribution < -0.4 is 16.0 Å². The van der Waals surface area contributed by atoms with Gasteiger partial charge in [-0.25, -0.2) is 18.5 Å². The molecule has 1 saturated heterocycles. The molecule has 6 atom stereocenters. The van der Waals surface area contributed by atoms with Crippen LogP contribution >= 0.6 is 23.5 Å². The smallest absolute Gasteiger partial charge is 0.490 e. The van der Waals surface area contributed by atoms with Crippen molar-refractivity contribution in [2.75, 3.05) is 13.7 Å². The summed E-state index contributed by atoms with van der Waals surface area (Å²) in [4.78, 5) is 60.7. The first-order chi connectivity index (χ1) is 14.1. The molecule has 1 fully saturated rings. The maximum Gasteiger partial charge on any atom is 0.490 e. The molecule has 7 N–H and O–H groups in total. The van der Waals surface area contributed by atoms with Crippen molar-refractivity contribution in [3.8, 4) is 5.75 Å². The van der Waals surface area contributed by atoms with Crippen LogP contribution in [0.4, 0.5) is 0 Å². The molecule has 178 valence electrons. The van der Waals surface area contributed by atoms with Gasteiger partial charge in [0.25, 0.3) is 5.56 Å². The van der Waals surface area contributed by atoms with E-state index >= 15 is 0 Å². The first kappa shape index (κ1) is 26.0. The minimum Gasteiger partial charge on any atom is -0.490 e. The van der Waals surface area contributed by atoms with E-state index in [4.69, 9.17) is 24.2 Å². The van der Waals surface area contributed by atoms with Crippen molar-refractivity contribution in [2.24, 2.45) is 0 Å². The predicted octanol–water partition coefficient (Wildman–Crippen LogP) is -2.49. The Morgan fingerprint density at radius 3 is 2.23 bits per heavy atom. The van der Waals surface area contributed by atoms with Crippen molar-refractivity contribution < 1.29 is 66.1 Å². The molecular weight excluding hydrogens is 497 g/mol. The summed E-state index contributed by atoms with van der Waals surface area (Å²) in [7, 11) is -15.7. The lowest BCUT2D eigenvalue weighted by atomic mass is 10.1. The number of aliphatic hydroxyl groups excluding tert-OH is 2. The van der Waals surface area contributed by atoms with E-state index in [9.17, 15) is 38.4 Å². The molecule has 0 saturated carbocycles. The molecule has 2 rings (SSSR count). The number of H-pyrrole nitrogens is 1. The van der Waals surface area contributed by atoms with E-state index in [1.807, 2.05) is 4.98 Å². The van der Waals surface area contributed by atoms with Gasteiger partial charge < -0.3 is 39.3 Å². The fraction of sp³-hybridized carbons (Fsp3) is 0.600. The SMILES string of the molecule is COc1cn(C2OC(COP(=O)(O)OP(=O)(O)OP(=O)(O)O)C(O)C2O)c(=O)[nH]c1=O. The second kappa shape index (κ2) is 9.33. The molecule has 0 bridgehead atoms. The Kier molecular flexibility index (Phi) is 7.83. The van der Waals surface area contributed by atoms with Gasteiger partial charge in [-0.05, 0) is 0 Å². The molecule has 0 aromatic carbocycles. The van der Waals surface area contributed by atoms with Gasteiger partial charge in [0, 0.05) is 0 Å². The average Bonchev–Trinajstić information content (AvgIpc) is 2.85. The molecule has 0 amide bonds. The number of hydrogen-bond donors (Lipinski definition) is 7. The number of methoxy groups -OCH3 is 1. The molecule has 6 unspecified atom stereocenters.